The third-order valence-corrected chi connectivity index (χ3v) is 3.28. The molecule has 0 spiro atoms. The Kier molecular flexibility index (Phi) is 1.90. The second-order valence-electron chi connectivity index (χ2n) is 3.70. The van der Waals surface area contributed by atoms with Crippen molar-refractivity contribution in [2.45, 2.75) is 19.9 Å². The summed E-state index contributed by atoms with van der Waals surface area (Å²) in [4.78, 5) is 2.61. The Balaban J connectivity index is 1.88. The molecule has 2 heteroatoms. The highest BCUT2D eigenvalue weighted by Crippen LogP contribution is 2.45. The van der Waals surface area contributed by atoms with Crippen molar-refractivity contribution in [3.05, 3.63) is 0 Å². The monoisotopic (exact) mass is 154 g/mol. The van der Waals surface area contributed by atoms with Crippen molar-refractivity contribution >= 4 is 0 Å². The molecule has 1 saturated carbocycles. The molecule has 2 unspecified atom stereocenters. The van der Waals surface area contributed by atoms with Gasteiger partial charge in [-0.15, -0.1) is 0 Å². The maximum atomic E-state index is 3.43. The van der Waals surface area contributed by atoms with Gasteiger partial charge in [0.25, 0.3) is 0 Å². The lowest BCUT2D eigenvalue weighted by Gasteiger charge is -2.20. The quantitative estimate of drug-likeness (QED) is 0.638. The Labute approximate surface area is 69.0 Å². The minimum absolute atomic E-state index is 0.936. The number of hydrogen-bond acceptors (Lipinski definition) is 2. The molecule has 2 rings (SSSR count). The van der Waals surface area contributed by atoms with Crippen LogP contribution in [0.3, 0.4) is 0 Å². The van der Waals surface area contributed by atoms with E-state index in [4.69, 9.17) is 0 Å². The molecule has 1 aliphatic heterocycles. The maximum absolute atomic E-state index is 3.43. The summed E-state index contributed by atoms with van der Waals surface area (Å²) < 4.78 is 0. The fourth-order valence-corrected chi connectivity index (χ4v) is 2.57. The lowest BCUT2D eigenvalue weighted by molar-refractivity contribution is 0.262. The summed E-state index contributed by atoms with van der Waals surface area (Å²) >= 11 is 0. The van der Waals surface area contributed by atoms with Crippen LogP contribution in [-0.4, -0.2) is 37.1 Å². The topological polar surface area (TPSA) is 15.3 Å². The van der Waals surface area contributed by atoms with Crippen molar-refractivity contribution in [1.82, 2.24) is 10.2 Å². The highest BCUT2D eigenvalue weighted by Gasteiger charge is 2.54. The van der Waals surface area contributed by atoms with E-state index in [1.165, 1.54) is 26.2 Å². The smallest absolute Gasteiger partial charge is 0.0183 e. The highest BCUT2D eigenvalue weighted by atomic mass is 15.2. The SMILES string of the molecule is CCN(CC)C1C2CNCC21. The molecule has 1 heterocycles. The van der Waals surface area contributed by atoms with Crippen molar-refractivity contribution in [2.75, 3.05) is 26.2 Å². The first-order valence-corrected chi connectivity index (χ1v) is 4.83. The number of nitrogens with zero attached hydrogens (tertiary/aromatic N) is 1. The Morgan fingerprint density at radius 3 is 2.18 bits per heavy atom. The molecule has 0 amide bonds. The standard InChI is InChI=1S/C9H18N2/c1-3-11(4-2)9-7-5-10-6-8(7)9/h7-10H,3-6H2,1-2H3. The zero-order valence-corrected chi connectivity index (χ0v) is 7.51. The second-order valence-corrected chi connectivity index (χ2v) is 3.70. The van der Waals surface area contributed by atoms with Crippen LogP contribution >= 0.6 is 0 Å². The lowest BCUT2D eigenvalue weighted by Crippen LogP contribution is -2.32. The molecule has 1 saturated heterocycles. The molecular formula is C9H18N2. The van der Waals surface area contributed by atoms with Crippen molar-refractivity contribution in [1.29, 1.82) is 0 Å². The van der Waals surface area contributed by atoms with Gasteiger partial charge in [0, 0.05) is 6.04 Å². The zero-order valence-electron chi connectivity index (χ0n) is 7.51. The summed E-state index contributed by atoms with van der Waals surface area (Å²) in [6, 6.07) is 0.936. The third kappa shape index (κ3) is 1.09. The van der Waals surface area contributed by atoms with E-state index in [2.05, 4.69) is 24.1 Å². The van der Waals surface area contributed by atoms with E-state index in [1.54, 1.807) is 0 Å². The Morgan fingerprint density at radius 2 is 1.73 bits per heavy atom. The van der Waals surface area contributed by atoms with Crippen molar-refractivity contribution in [3.63, 3.8) is 0 Å². The van der Waals surface area contributed by atoms with E-state index in [1.807, 2.05) is 0 Å². The van der Waals surface area contributed by atoms with Gasteiger partial charge >= 0.3 is 0 Å². The maximum Gasteiger partial charge on any atom is 0.0183 e. The fraction of sp³-hybridized carbons (Fsp3) is 1.00. The van der Waals surface area contributed by atoms with Crippen molar-refractivity contribution < 1.29 is 0 Å². The van der Waals surface area contributed by atoms with Crippen LogP contribution in [0.4, 0.5) is 0 Å². The van der Waals surface area contributed by atoms with E-state index in [0.717, 1.165) is 17.9 Å². The summed E-state index contributed by atoms with van der Waals surface area (Å²) in [6.45, 7) is 9.54. The fourth-order valence-electron chi connectivity index (χ4n) is 2.57. The summed E-state index contributed by atoms with van der Waals surface area (Å²) in [5.74, 6) is 1.99. The third-order valence-electron chi connectivity index (χ3n) is 3.28. The Morgan fingerprint density at radius 1 is 1.18 bits per heavy atom. The van der Waals surface area contributed by atoms with Gasteiger partial charge in [-0.3, -0.25) is 0 Å². The molecule has 1 aliphatic carbocycles. The predicted octanol–water partition coefficient (Wildman–Crippen LogP) is 0.546. The van der Waals surface area contributed by atoms with Crippen LogP contribution < -0.4 is 5.32 Å². The average molecular weight is 154 g/mol. The largest absolute Gasteiger partial charge is 0.316 e. The minimum Gasteiger partial charge on any atom is -0.316 e. The highest BCUT2D eigenvalue weighted by molar-refractivity contribution is 5.09. The van der Waals surface area contributed by atoms with Gasteiger partial charge in [-0.25, -0.2) is 0 Å². The average Bonchev–Trinajstić information content (AvgIpc) is 2.54. The number of fused-ring (bicyclic) bond motifs is 1. The molecule has 0 aromatic rings. The molecular weight excluding hydrogens is 136 g/mol. The molecule has 2 fully saturated rings. The molecule has 2 atom stereocenters. The molecule has 0 aromatic carbocycles. The first-order valence-electron chi connectivity index (χ1n) is 4.83. The molecule has 0 aromatic heterocycles. The van der Waals surface area contributed by atoms with E-state index in [9.17, 15) is 0 Å². The number of nitrogens with one attached hydrogen (secondary N) is 1. The second kappa shape index (κ2) is 2.76. The molecule has 11 heavy (non-hydrogen) atoms. The van der Waals surface area contributed by atoms with Gasteiger partial charge in [-0.1, -0.05) is 13.8 Å². The Bertz CT molecular complexity index is 132. The van der Waals surface area contributed by atoms with Gasteiger partial charge in [-0.05, 0) is 38.0 Å². The summed E-state index contributed by atoms with van der Waals surface area (Å²) in [5, 5.41) is 3.43. The van der Waals surface area contributed by atoms with Crippen molar-refractivity contribution in [2.24, 2.45) is 11.8 Å². The number of rotatable bonds is 3. The lowest BCUT2D eigenvalue weighted by atomic mass is 10.3. The first kappa shape index (κ1) is 7.56. The zero-order chi connectivity index (χ0) is 7.84. The van der Waals surface area contributed by atoms with Gasteiger partial charge in [0.2, 0.25) is 0 Å². The van der Waals surface area contributed by atoms with Gasteiger partial charge < -0.3 is 10.2 Å². The van der Waals surface area contributed by atoms with Crippen LogP contribution in [0.1, 0.15) is 13.8 Å². The van der Waals surface area contributed by atoms with Crippen LogP contribution in [0.15, 0.2) is 0 Å². The van der Waals surface area contributed by atoms with Crippen LogP contribution in [0.2, 0.25) is 0 Å². The molecule has 2 aliphatic rings. The minimum atomic E-state index is 0.936. The number of piperidine rings is 1. The predicted molar refractivity (Wildman–Crippen MR) is 46.6 cm³/mol. The number of hydrogen-bond donors (Lipinski definition) is 1. The van der Waals surface area contributed by atoms with Crippen molar-refractivity contribution in [3.8, 4) is 0 Å². The van der Waals surface area contributed by atoms with E-state index < -0.39 is 0 Å². The van der Waals surface area contributed by atoms with Crippen LogP contribution in [0.25, 0.3) is 0 Å². The van der Waals surface area contributed by atoms with Crippen LogP contribution in [-0.2, 0) is 0 Å². The normalized spacial score (nSPS) is 41.2. The molecule has 0 radical (unpaired) electrons. The van der Waals surface area contributed by atoms with E-state index in [0.29, 0.717) is 0 Å². The van der Waals surface area contributed by atoms with Crippen LogP contribution in [0.5, 0.6) is 0 Å². The molecule has 64 valence electrons. The van der Waals surface area contributed by atoms with E-state index >= 15 is 0 Å². The van der Waals surface area contributed by atoms with E-state index in [-0.39, 0.29) is 0 Å². The summed E-state index contributed by atoms with van der Waals surface area (Å²) in [7, 11) is 0. The molecule has 2 nitrogen and oxygen atoms in total. The summed E-state index contributed by atoms with van der Waals surface area (Å²) in [5.41, 5.74) is 0. The van der Waals surface area contributed by atoms with Gasteiger partial charge in [-0.2, -0.15) is 0 Å². The molecule has 0 bridgehead atoms. The van der Waals surface area contributed by atoms with Gasteiger partial charge in [0.1, 0.15) is 0 Å². The summed E-state index contributed by atoms with van der Waals surface area (Å²) in [6.07, 6.45) is 0. The van der Waals surface area contributed by atoms with Crippen LogP contribution in [0, 0.1) is 11.8 Å². The first-order chi connectivity index (χ1) is 5.38. The molecule has 1 N–H and O–H groups in total. The van der Waals surface area contributed by atoms with Gasteiger partial charge in [0.05, 0.1) is 0 Å². The Hall–Kier alpha value is -0.0800. The van der Waals surface area contributed by atoms with Gasteiger partial charge in [0.15, 0.2) is 0 Å².